The van der Waals surface area contributed by atoms with Crippen molar-refractivity contribution in [3.8, 4) is 0 Å². The number of ether oxygens (including phenoxy) is 1. The lowest BCUT2D eigenvalue weighted by atomic mass is 10.1. The summed E-state index contributed by atoms with van der Waals surface area (Å²) in [5, 5.41) is 1.93. The van der Waals surface area contributed by atoms with E-state index in [9.17, 15) is 9.59 Å². The number of carbonyl (C=O) groups excluding carboxylic acids is 2. The Morgan fingerprint density at radius 1 is 1.28 bits per heavy atom. The fourth-order valence-corrected chi connectivity index (χ4v) is 3.62. The zero-order chi connectivity index (χ0) is 18.0. The zero-order valence-electron chi connectivity index (χ0n) is 13.8. The van der Waals surface area contributed by atoms with E-state index in [2.05, 4.69) is 15.9 Å². The molecule has 2 heterocycles. The molecular formula is C19H16BrNO3S. The minimum Gasteiger partial charge on any atom is -0.462 e. The maximum atomic E-state index is 13.0. The number of esters is 1. The highest BCUT2D eigenvalue weighted by atomic mass is 79.9. The Balaban J connectivity index is 2.11. The van der Waals surface area contributed by atoms with E-state index in [4.69, 9.17) is 4.74 Å². The van der Waals surface area contributed by atoms with Crippen molar-refractivity contribution in [3.05, 3.63) is 68.0 Å². The van der Waals surface area contributed by atoms with Crippen LogP contribution in [0.4, 0.5) is 5.69 Å². The monoisotopic (exact) mass is 417 g/mol. The highest BCUT2D eigenvalue weighted by Gasteiger charge is 2.38. The molecule has 0 fully saturated rings. The number of hydrogen-bond donors (Lipinski definition) is 0. The summed E-state index contributed by atoms with van der Waals surface area (Å²) in [5.41, 5.74) is 1.97. The van der Waals surface area contributed by atoms with Gasteiger partial charge in [-0.15, -0.1) is 11.3 Å². The molecule has 1 amide bonds. The first kappa shape index (κ1) is 17.6. The van der Waals surface area contributed by atoms with Crippen LogP contribution in [0.2, 0.25) is 0 Å². The van der Waals surface area contributed by atoms with Crippen LogP contribution in [0.1, 0.15) is 18.7 Å². The van der Waals surface area contributed by atoms with E-state index in [0.717, 1.165) is 9.35 Å². The predicted octanol–water partition coefficient (Wildman–Crippen LogP) is 4.78. The molecule has 1 aliphatic heterocycles. The summed E-state index contributed by atoms with van der Waals surface area (Å²) in [6.07, 6.45) is 1.75. The Bertz CT molecular complexity index is 867. The van der Waals surface area contributed by atoms with Crippen LogP contribution in [0.15, 0.2) is 63.1 Å². The predicted molar refractivity (Wildman–Crippen MR) is 103 cm³/mol. The van der Waals surface area contributed by atoms with Gasteiger partial charge >= 0.3 is 5.97 Å². The summed E-state index contributed by atoms with van der Waals surface area (Å²) >= 11 is 4.90. The number of hydrogen-bond acceptors (Lipinski definition) is 4. The third-order valence-corrected chi connectivity index (χ3v) is 5.14. The number of amides is 1. The third kappa shape index (κ3) is 3.45. The quantitative estimate of drug-likeness (QED) is 0.531. The second kappa shape index (κ2) is 7.37. The van der Waals surface area contributed by atoms with Crippen LogP contribution in [-0.2, 0) is 14.3 Å². The lowest BCUT2D eigenvalue weighted by molar-refractivity contribution is -0.138. The third-order valence-electron chi connectivity index (χ3n) is 3.79. The molecule has 3 rings (SSSR count). The van der Waals surface area contributed by atoms with Crippen molar-refractivity contribution in [2.45, 2.75) is 13.8 Å². The number of allylic oxidation sites excluding steroid dienone is 1. The average Bonchev–Trinajstić information content (AvgIpc) is 3.17. The van der Waals surface area contributed by atoms with Crippen molar-refractivity contribution in [1.82, 2.24) is 0 Å². The number of rotatable bonds is 4. The van der Waals surface area contributed by atoms with Crippen molar-refractivity contribution >= 4 is 50.9 Å². The molecule has 4 nitrogen and oxygen atoms in total. The summed E-state index contributed by atoms with van der Waals surface area (Å²) in [6.45, 7) is 3.77. The van der Waals surface area contributed by atoms with Gasteiger partial charge in [0.2, 0.25) is 0 Å². The zero-order valence-corrected chi connectivity index (χ0v) is 16.2. The Kier molecular flexibility index (Phi) is 5.20. The molecule has 0 aliphatic carbocycles. The molecule has 0 atom stereocenters. The van der Waals surface area contributed by atoms with Gasteiger partial charge in [-0.1, -0.05) is 22.0 Å². The van der Waals surface area contributed by atoms with Gasteiger partial charge in [0, 0.05) is 20.7 Å². The van der Waals surface area contributed by atoms with Gasteiger partial charge in [0.15, 0.2) is 0 Å². The van der Waals surface area contributed by atoms with Crippen molar-refractivity contribution < 1.29 is 14.3 Å². The van der Waals surface area contributed by atoms with E-state index in [1.165, 1.54) is 11.3 Å². The minimum absolute atomic E-state index is 0.226. The maximum Gasteiger partial charge on any atom is 0.340 e. The smallest absolute Gasteiger partial charge is 0.340 e. The van der Waals surface area contributed by atoms with Gasteiger partial charge in [-0.3, -0.25) is 9.69 Å². The molecule has 0 bridgehead atoms. The number of carbonyl (C=O) groups is 2. The molecular weight excluding hydrogens is 402 g/mol. The highest BCUT2D eigenvalue weighted by molar-refractivity contribution is 9.10. The summed E-state index contributed by atoms with van der Waals surface area (Å²) in [7, 11) is 0. The molecule has 1 aromatic heterocycles. The van der Waals surface area contributed by atoms with Crippen molar-refractivity contribution in [2.24, 2.45) is 0 Å². The van der Waals surface area contributed by atoms with E-state index >= 15 is 0 Å². The molecule has 0 saturated carbocycles. The summed E-state index contributed by atoms with van der Waals surface area (Å²) in [6, 6.07) is 11.2. The first-order valence-electron chi connectivity index (χ1n) is 7.76. The summed E-state index contributed by atoms with van der Waals surface area (Å²) in [5.74, 6) is -0.702. The largest absolute Gasteiger partial charge is 0.462 e. The Morgan fingerprint density at radius 3 is 2.60 bits per heavy atom. The highest BCUT2D eigenvalue weighted by Crippen LogP contribution is 2.36. The van der Waals surface area contributed by atoms with Crippen LogP contribution in [0.5, 0.6) is 0 Å². The molecule has 1 aromatic carbocycles. The van der Waals surface area contributed by atoms with E-state index < -0.39 is 5.97 Å². The second-order valence-corrected chi connectivity index (χ2v) is 7.27. The normalized spacial score (nSPS) is 16.0. The van der Waals surface area contributed by atoms with Crippen LogP contribution < -0.4 is 4.90 Å². The number of halogens is 1. The number of benzene rings is 1. The van der Waals surface area contributed by atoms with Crippen LogP contribution in [0, 0.1) is 0 Å². The maximum absolute atomic E-state index is 13.0. The van der Waals surface area contributed by atoms with Crippen LogP contribution in [0.25, 0.3) is 6.08 Å². The Labute approximate surface area is 158 Å². The Morgan fingerprint density at radius 2 is 2.00 bits per heavy atom. The molecule has 0 radical (unpaired) electrons. The second-order valence-electron chi connectivity index (χ2n) is 5.37. The van der Waals surface area contributed by atoms with Crippen molar-refractivity contribution in [3.63, 3.8) is 0 Å². The Hall–Kier alpha value is -2.18. The van der Waals surface area contributed by atoms with Crippen LogP contribution in [-0.4, -0.2) is 18.5 Å². The molecule has 0 saturated heterocycles. The number of anilines is 1. The number of thiophene rings is 1. The van der Waals surface area contributed by atoms with Gasteiger partial charge in [-0.05, 0) is 55.6 Å². The van der Waals surface area contributed by atoms with Crippen LogP contribution in [0.3, 0.4) is 0 Å². The lowest BCUT2D eigenvalue weighted by Crippen LogP contribution is -2.24. The van der Waals surface area contributed by atoms with Gasteiger partial charge in [0.25, 0.3) is 5.91 Å². The van der Waals surface area contributed by atoms with E-state index in [0.29, 0.717) is 22.5 Å². The molecule has 0 spiro atoms. The first-order valence-corrected chi connectivity index (χ1v) is 9.43. The molecule has 128 valence electrons. The fourth-order valence-electron chi connectivity index (χ4n) is 2.70. The first-order chi connectivity index (χ1) is 12.0. The topological polar surface area (TPSA) is 46.6 Å². The number of nitrogens with zero attached hydrogens (tertiary/aromatic N) is 1. The molecule has 6 heteroatoms. The van der Waals surface area contributed by atoms with Gasteiger partial charge in [0.05, 0.1) is 17.8 Å². The lowest BCUT2D eigenvalue weighted by Gasteiger charge is -2.17. The SMILES string of the molecule is CCOC(=O)C1=C(C)N(c2ccc(Br)cc2)C(=O)/C1=C\c1cccs1. The molecule has 25 heavy (non-hydrogen) atoms. The van der Waals surface area contributed by atoms with Gasteiger partial charge in [0.1, 0.15) is 0 Å². The van der Waals surface area contributed by atoms with E-state index in [1.807, 2.05) is 41.8 Å². The average molecular weight is 418 g/mol. The van der Waals surface area contributed by atoms with E-state index in [-0.39, 0.29) is 12.5 Å². The minimum atomic E-state index is -0.476. The van der Waals surface area contributed by atoms with Gasteiger partial charge in [-0.25, -0.2) is 4.79 Å². The van der Waals surface area contributed by atoms with Crippen LogP contribution >= 0.6 is 27.3 Å². The molecule has 0 N–H and O–H groups in total. The van der Waals surface area contributed by atoms with Crippen molar-refractivity contribution in [2.75, 3.05) is 11.5 Å². The van der Waals surface area contributed by atoms with Gasteiger partial charge < -0.3 is 4.74 Å². The molecule has 2 aromatic rings. The van der Waals surface area contributed by atoms with E-state index in [1.54, 1.807) is 24.8 Å². The van der Waals surface area contributed by atoms with Crippen molar-refractivity contribution in [1.29, 1.82) is 0 Å². The summed E-state index contributed by atoms with van der Waals surface area (Å²) in [4.78, 5) is 28.0. The molecule has 0 unspecified atom stereocenters. The fraction of sp³-hybridized carbons (Fsp3) is 0.158. The molecule has 1 aliphatic rings. The standard InChI is InChI=1S/C19H16BrNO3S/c1-3-24-19(23)17-12(2)21(14-8-6-13(20)7-9-14)18(22)16(17)11-15-5-4-10-25-15/h4-11H,3H2,1-2H3/b16-11-. The summed E-state index contributed by atoms with van der Waals surface area (Å²) < 4.78 is 6.10. The van der Waals surface area contributed by atoms with Gasteiger partial charge in [-0.2, -0.15) is 0 Å².